The standard InChI is InChI=1S/C19H15Cl2NO4/c1-2-15(24)16-17(10-4-3-5-14(23)6-10)22(19(26)18(16)25)13-8-11(20)7-12(21)9-13/h3-9,17,23,25H,2H2,1H3. The van der Waals surface area contributed by atoms with Gasteiger partial charge in [0.15, 0.2) is 11.5 Å². The van der Waals surface area contributed by atoms with Crippen LogP contribution in [0.15, 0.2) is 53.8 Å². The van der Waals surface area contributed by atoms with Crippen LogP contribution in [0.25, 0.3) is 0 Å². The van der Waals surface area contributed by atoms with Crippen LogP contribution in [0.5, 0.6) is 5.75 Å². The molecule has 1 unspecified atom stereocenters. The number of phenols is 1. The van der Waals surface area contributed by atoms with Gasteiger partial charge >= 0.3 is 0 Å². The molecular weight excluding hydrogens is 377 g/mol. The third-order valence-corrected chi connectivity index (χ3v) is 4.58. The monoisotopic (exact) mass is 391 g/mol. The van der Waals surface area contributed by atoms with Crippen molar-refractivity contribution in [3.05, 3.63) is 69.4 Å². The molecule has 7 heteroatoms. The number of Topliss-reactive ketones (excluding diaryl/α,β-unsaturated/α-hetero) is 1. The number of nitrogens with zero attached hydrogens (tertiary/aromatic N) is 1. The summed E-state index contributed by atoms with van der Waals surface area (Å²) in [6.45, 7) is 1.64. The maximum absolute atomic E-state index is 12.7. The van der Waals surface area contributed by atoms with E-state index in [-0.39, 0.29) is 23.5 Å². The van der Waals surface area contributed by atoms with E-state index in [1.165, 1.54) is 35.2 Å². The Labute approximate surface area is 160 Å². The van der Waals surface area contributed by atoms with E-state index in [0.29, 0.717) is 21.3 Å². The minimum Gasteiger partial charge on any atom is -0.508 e. The third-order valence-electron chi connectivity index (χ3n) is 4.14. The van der Waals surface area contributed by atoms with Gasteiger partial charge < -0.3 is 10.2 Å². The van der Waals surface area contributed by atoms with Gasteiger partial charge in [0, 0.05) is 22.2 Å². The molecule has 0 bridgehead atoms. The summed E-state index contributed by atoms with van der Waals surface area (Å²) in [6.07, 6.45) is 0.117. The fourth-order valence-electron chi connectivity index (χ4n) is 3.04. The maximum Gasteiger partial charge on any atom is 0.294 e. The van der Waals surface area contributed by atoms with E-state index in [1.54, 1.807) is 19.1 Å². The normalized spacial score (nSPS) is 17.1. The van der Waals surface area contributed by atoms with Crippen LogP contribution in [0.4, 0.5) is 5.69 Å². The number of hydrogen-bond acceptors (Lipinski definition) is 4. The zero-order valence-corrected chi connectivity index (χ0v) is 15.3. The quantitative estimate of drug-likeness (QED) is 0.799. The molecule has 3 rings (SSSR count). The second-order valence-corrected chi connectivity index (χ2v) is 6.71. The van der Waals surface area contributed by atoms with E-state index in [1.807, 2.05) is 0 Å². The first kappa shape index (κ1) is 18.3. The predicted octanol–water partition coefficient (Wildman–Crippen LogP) is 4.58. The fraction of sp³-hybridized carbons (Fsp3) is 0.158. The number of phenolic OH excluding ortho intramolecular Hbond substituents is 1. The summed E-state index contributed by atoms with van der Waals surface area (Å²) < 4.78 is 0. The smallest absolute Gasteiger partial charge is 0.294 e. The zero-order chi connectivity index (χ0) is 19.0. The van der Waals surface area contributed by atoms with Crippen molar-refractivity contribution in [3.63, 3.8) is 0 Å². The Bertz CT molecular complexity index is 919. The number of benzene rings is 2. The van der Waals surface area contributed by atoms with E-state index in [0.717, 1.165) is 0 Å². The number of aliphatic hydroxyl groups is 1. The highest BCUT2D eigenvalue weighted by Crippen LogP contribution is 2.43. The van der Waals surface area contributed by atoms with Crippen molar-refractivity contribution >= 4 is 40.6 Å². The van der Waals surface area contributed by atoms with Gasteiger partial charge in [0.05, 0.1) is 11.6 Å². The Morgan fingerprint density at radius 2 is 1.77 bits per heavy atom. The van der Waals surface area contributed by atoms with Crippen molar-refractivity contribution in [2.75, 3.05) is 4.90 Å². The molecule has 0 aliphatic carbocycles. The molecule has 0 saturated heterocycles. The zero-order valence-electron chi connectivity index (χ0n) is 13.7. The molecular formula is C19H15Cl2NO4. The van der Waals surface area contributed by atoms with Crippen LogP contribution >= 0.6 is 23.2 Å². The summed E-state index contributed by atoms with van der Waals surface area (Å²) in [5, 5.41) is 20.8. The van der Waals surface area contributed by atoms with Crippen LogP contribution in [0.2, 0.25) is 10.0 Å². The third kappa shape index (κ3) is 3.16. The van der Waals surface area contributed by atoms with Gasteiger partial charge in [0.1, 0.15) is 5.75 Å². The van der Waals surface area contributed by atoms with Crippen molar-refractivity contribution in [1.82, 2.24) is 0 Å². The Morgan fingerprint density at radius 1 is 1.12 bits per heavy atom. The van der Waals surface area contributed by atoms with Crippen LogP contribution in [-0.2, 0) is 9.59 Å². The Morgan fingerprint density at radius 3 is 2.35 bits per heavy atom. The number of aromatic hydroxyl groups is 1. The van der Waals surface area contributed by atoms with E-state index >= 15 is 0 Å². The molecule has 2 aromatic carbocycles. The van der Waals surface area contributed by atoms with Gasteiger partial charge in [-0.25, -0.2) is 0 Å². The lowest BCUT2D eigenvalue weighted by Crippen LogP contribution is -2.31. The van der Waals surface area contributed by atoms with Gasteiger partial charge in [-0.05, 0) is 35.9 Å². The number of carbonyl (C=O) groups is 2. The summed E-state index contributed by atoms with van der Waals surface area (Å²) in [5.41, 5.74) is 0.806. The van der Waals surface area contributed by atoms with Gasteiger partial charge in [-0.1, -0.05) is 42.3 Å². The topological polar surface area (TPSA) is 77.8 Å². The molecule has 0 saturated carbocycles. The van der Waals surface area contributed by atoms with E-state index in [4.69, 9.17) is 23.2 Å². The van der Waals surface area contributed by atoms with Crippen LogP contribution in [0.3, 0.4) is 0 Å². The summed E-state index contributed by atoms with van der Waals surface area (Å²) in [4.78, 5) is 26.4. The number of halogens is 2. The average Bonchev–Trinajstić information content (AvgIpc) is 2.85. The highest BCUT2D eigenvalue weighted by atomic mass is 35.5. The molecule has 2 aromatic rings. The Kier molecular flexibility index (Phi) is 4.94. The lowest BCUT2D eigenvalue weighted by atomic mass is 9.94. The van der Waals surface area contributed by atoms with Gasteiger partial charge in [-0.2, -0.15) is 0 Å². The molecule has 5 nitrogen and oxygen atoms in total. The second kappa shape index (κ2) is 7.02. The molecule has 0 spiro atoms. The highest BCUT2D eigenvalue weighted by molar-refractivity contribution is 6.35. The summed E-state index contributed by atoms with van der Waals surface area (Å²) in [5.74, 6) is -1.72. The van der Waals surface area contributed by atoms with Crippen molar-refractivity contribution in [2.24, 2.45) is 0 Å². The summed E-state index contributed by atoms with van der Waals surface area (Å²) >= 11 is 12.1. The molecule has 2 N–H and O–H groups in total. The predicted molar refractivity (Wildman–Crippen MR) is 99.7 cm³/mol. The van der Waals surface area contributed by atoms with E-state index < -0.39 is 17.7 Å². The molecule has 1 amide bonds. The number of hydrogen-bond donors (Lipinski definition) is 2. The number of aliphatic hydroxyl groups excluding tert-OH is 1. The summed E-state index contributed by atoms with van der Waals surface area (Å²) in [6, 6.07) is 9.85. The molecule has 1 aliphatic heterocycles. The number of carbonyl (C=O) groups excluding carboxylic acids is 2. The molecule has 0 radical (unpaired) electrons. The Balaban J connectivity index is 2.22. The van der Waals surface area contributed by atoms with Crippen LogP contribution < -0.4 is 4.90 Å². The highest BCUT2D eigenvalue weighted by Gasteiger charge is 2.44. The van der Waals surface area contributed by atoms with Gasteiger partial charge in [0.2, 0.25) is 0 Å². The first-order valence-corrected chi connectivity index (χ1v) is 8.64. The van der Waals surface area contributed by atoms with Gasteiger partial charge in [-0.3, -0.25) is 14.5 Å². The number of rotatable bonds is 4. The molecule has 1 heterocycles. The molecule has 134 valence electrons. The number of ketones is 1. The first-order valence-electron chi connectivity index (χ1n) is 7.88. The Hall–Kier alpha value is -2.50. The minimum absolute atomic E-state index is 0.0146. The molecule has 0 fully saturated rings. The lowest BCUT2D eigenvalue weighted by Gasteiger charge is -2.27. The van der Waals surface area contributed by atoms with Crippen molar-refractivity contribution in [1.29, 1.82) is 0 Å². The maximum atomic E-state index is 12.7. The minimum atomic E-state index is -0.892. The van der Waals surface area contributed by atoms with Crippen LogP contribution in [0, 0.1) is 0 Å². The van der Waals surface area contributed by atoms with E-state index in [9.17, 15) is 19.8 Å². The molecule has 0 aromatic heterocycles. The molecule has 26 heavy (non-hydrogen) atoms. The van der Waals surface area contributed by atoms with Crippen molar-refractivity contribution in [3.8, 4) is 5.75 Å². The van der Waals surface area contributed by atoms with Crippen LogP contribution in [0.1, 0.15) is 24.9 Å². The average molecular weight is 392 g/mol. The van der Waals surface area contributed by atoms with Crippen LogP contribution in [-0.4, -0.2) is 21.9 Å². The van der Waals surface area contributed by atoms with Gasteiger partial charge in [-0.15, -0.1) is 0 Å². The second-order valence-electron chi connectivity index (χ2n) is 5.84. The van der Waals surface area contributed by atoms with Crippen molar-refractivity contribution in [2.45, 2.75) is 19.4 Å². The van der Waals surface area contributed by atoms with Crippen molar-refractivity contribution < 1.29 is 19.8 Å². The number of anilines is 1. The summed E-state index contributed by atoms with van der Waals surface area (Å²) in [7, 11) is 0. The fourth-order valence-corrected chi connectivity index (χ4v) is 3.55. The van der Waals surface area contributed by atoms with Gasteiger partial charge in [0.25, 0.3) is 5.91 Å². The number of amides is 1. The lowest BCUT2D eigenvalue weighted by molar-refractivity contribution is -0.118. The first-order chi connectivity index (χ1) is 12.3. The SMILES string of the molecule is CCC(=O)C1=C(O)C(=O)N(c2cc(Cl)cc(Cl)c2)C1c1cccc(O)c1. The molecule has 1 atom stereocenters. The molecule has 1 aliphatic rings. The van der Waals surface area contributed by atoms with E-state index in [2.05, 4.69) is 0 Å². The largest absolute Gasteiger partial charge is 0.508 e.